The number of nitrogens with zero attached hydrogens (tertiary/aromatic N) is 1. The van der Waals surface area contributed by atoms with Crippen LogP contribution in [-0.4, -0.2) is 35.6 Å². The Hall–Kier alpha value is -1.17. The van der Waals surface area contributed by atoms with Crippen LogP contribution in [0, 0.1) is 0 Å². The first kappa shape index (κ1) is 12.3. The van der Waals surface area contributed by atoms with Crippen molar-refractivity contribution < 1.29 is 14.4 Å². The predicted molar refractivity (Wildman–Crippen MR) is 63.6 cm³/mol. The summed E-state index contributed by atoms with van der Waals surface area (Å²) in [7, 11) is -3.99. The molecule has 0 radical (unpaired) electrons. The zero-order valence-corrected chi connectivity index (χ0v) is 9.94. The number of hydrogen-bond acceptors (Lipinski definition) is 5. The molecule has 8 heteroatoms. The van der Waals surface area contributed by atoms with Gasteiger partial charge in [0.05, 0.1) is 6.16 Å². The second-order valence-electron chi connectivity index (χ2n) is 4.04. The zero-order valence-electron chi connectivity index (χ0n) is 9.05. The van der Waals surface area contributed by atoms with Gasteiger partial charge in [0.2, 0.25) is 0 Å². The average molecular weight is 260 g/mol. The van der Waals surface area contributed by atoms with Crippen molar-refractivity contribution in [2.45, 2.75) is 6.42 Å². The summed E-state index contributed by atoms with van der Waals surface area (Å²) in [4.78, 5) is 41.6. The SMILES string of the molecule is O=c1c2c(c1=O)N(CCCP(=O)(O)O)CCN2. The summed E-state index contributed by atoms with van der Waals surface area (Å²) in [5.74, 6) is 0. The molecule has 1 aliphatic rings. The number of rotatable bonds is 4. The number of hydrogen-bond donors (Lipinski definition) is 3. The van der Waals surface area contributed by atoms with Gasteiger partial charge in [-0.25, -0.2) is 0 Å². The molecule has 0 amide bonds. The first-order chi connectivity index (χ1) is 7.90. The maximum absolute atomic E-state index is 11.3. The summed E-state index contributed by atoms with van der Waals surface area (Å²) >= 11 is 0. The molecule has 94 valence electrons. The summed E-state index contributed by atoms with van der Waals surface area (Å²) in [5, 5.41) is 2.85. The van der Waals surface area contributed by atoms with Gasteiger partial charge in [0, 0.05) is 19.6 Å². The van der Waals surface area contributed by atoms with E-state index in [9.17, 15) is 14.2 Å². The van der Waals surface area contributed by atoms with Gasteiger partial charge < -0.3 is 20.0 Å². The normalized spacial score (nSPS) is 15.8. The number of nitrogens with one attached hydrogen (secondary N) is 1. The topological polar surface area (TPSA) is 107 Å². The third-order valence-electron chi connectivity index (χ3n) is 2.76. The van der Waals surface area contributed by atoms with Crippen molar-refractivity contribution in [2.75, 3.05) is 36.0 Å². The minimum atomic E-state index is -3.99. The van der Waals surface area contributed by atoms with E-state index in [4.69, 9.17) is 9.79 Å². The molecule has 0 bridgehead atoms. The van der Waals surface area contributed by atoms with E-state index >= 15 is 0 Å². The predicted octanol–water partition coefficient (Wildman–Crippen LogP) is -0.918. The van der Waals surface area contributed by atoms with Crippen molar-refractivity contribution in [2.24, 2.45) is 0 Å². The van der Waals surface area contributed by atoms with Crippen molar-refractivity contribution in [3.63, 3.8) is 0 Å². The Morgan fingerprint density at radius 1 is 1.29 bits per heavy atom. The largest absolute Gasteiger partial charge is 0.378 e. The van der Waals surface area contributed by atoms with E-state index in [-0.39, 0.29) is 6.16 Å². The maximum atomic E-state index is 11.3. The lowest BCUT2D eigenvalue weighted by atomic mass is 10.1. The van der Waals surface area contributed by atoms with Crippen LogP contribution < -0.4 is 21.1 Å². The van der Waals surface area contributed by atoms with Gasteiger partial charge >= 0.3 is 7.60 Å². The van der Waals surface area contributed by atoms with Gasteiger partial charge in [0.1, 0.15) is 11.4 Å². The van der Waals surface area contributed by atoms with Crippen molar-refractivity contribution >= 4 is 19.0 Å². The molecule has 0 aromatic heterocycles. The van der Waals surface area contributed by atoms with Crippen molar-refractivity contribution in [3.05, 3.63) is 20.4 Å². The van der Waals surface area contributed by atoms with Crippen LogP contribution in [0.15, 0.2) is 9.59 Å². The van der Waals surface area contributed by atoms with Crippen LogP contribution in [0.25, 0.3) is 0 Å². The van der Waals surface area contributed by atoms with Crippen LogP contribution in [0.1, 0.15) is 6.42 Å². The van der Waals surface area contributed by atoms with Gasteiger partial charge in [-0.3, -0.25) is 14.2 Å². The zero-order chi connectivity index (χ0) is 12.6. The molecule has 3 N–H and O–H groups in total. The van der Waals surface area contributed by atoms with Crippen LogP contribution >= 0.6 is 7.60 Å². The van der Waals surface area contributed by atoms with E-state index in [2.05, 4.69) is 5.32 Å². The Balaban J connectivity index is 2.01. The van der Waals surface area contributed by atoms with Crippen molar-refractivity contribution in [3.8, 4) is 0 Å². The molecule has 2 rings (SSSR count). The molecule has 0 fully saturated rings. The summed E-state index contributed by atoms with van der Waals surface area (Å²) < 4.78 is 10.7. The molecule has 0 saturated heterocycles. The second kappa shape index (κ2) is 4.25. The Kier molecular flexibility index (Phi) is 3.07. The van der Waals surface area contributed by atoms with E-state index < -0.39 is 18.5 Å². The molecule has 0 atom stereocenters. The van der Waals surface area contributed by atoms with Crippen LogP contribution in [0.3, 0.4) is 0 Å². The molecule has 0 saturated carbocycles. The molecule has 1 aromatic carbocycles. The Morgan fingerprint density at radius 2 is 2.00 bits per heavy atom. The van der Waals surface area contributed by atoms with Crippen LogP contribution in [-0.2, 0) is 4.57 Å². The molecule has 0 unspecified atom stereocenters. The molecule has 1 aliphatic heterocycles. The summed E-state index contributed by atoms with van der Waals surface area (Å²) in [6, 6.07) is 0. The van der Waals surface area contributed by atoms with E-state index in [1.165, 1.54) is 0 Å². The van der Waals surface area contributed by atoms with Crippen LogP contribution in [0.5, 0.6) is 0 Å². The lowest BCUT2D eigenvalue weighted by Gasteiger charge is -2.32. The van der Waals surface area contributed by atoms with Crippen molar-refractivity contribution in [1.29, 1.82) is 0 Å². The average Bonchev–Trinajstić information content (AvgIpc) is 2.26. The summed E-state index contributed by atoms with van der Waals surface area (Å²) in [6.45, 7) is 1.51. The minimum Gasteiger partial charge on any atom is -0.378 e. The molecule has 17 heavy (non-hydrogen) atoms. The lowest BCUT2D eigenvalue weighted by Crippen LogP contribution is -2.48. The smallest absolute Gasteiger partial charge is 0.325 e. The third-order valence-corrected chi connectivity index (χ3v) is 3.66. The van der Waals surface area contributed by atoms with Crippen LogP contribution in [0.2, 0.25) is 0 Å². The first-order valence-electron chi connectivity index (χ1n) is 5.27. The summed E-state index contributed by atoms with van der Waals surface area (Å²) in [6.07, 6.45) is 0.0875. The van der Waals surface area contributed by atoms with E-state index in [1.54, 1.807) is 4.90 Å². The first-order valence-corrected chi connectivity index (χ1v) is 7.06. The molecular weight excluding hydrogens is 247 g/mol. The number of anilines is 2. The van der Waals surface area contributed by atoms with Crippen molar-refractivity contribution in [1.82, 2.24) is 0 Å². The summed E-state index contributed by atoms with van der Waals surface area (Å²) in [5.41, 5.74) is -0.299. The molecule has 1 heterocycles. The van der Waals surface area contributed by atoms with E-state index in [0.29, 0.717) is 37.4 Å². The highest BCUT2D eigenvalue weighted by Crippen LogP contribution is 2.35. The van der Waals surface area contributed by atoms with Gasteiger partial charge in [-0.05, 0) is 6.42 Å². The van der Waals surface area contributed by atoms with Gasteiger partial charge in [0.25, 0.3) is 10.9 Å². The minimum absolute atomic E-state index is 0.207. The second-order valence-corrected chi connectivity index (χ2v) is 5.81. The quantitative estimate of drug-likeness (QED) is 0.475. The fourth-order valence-electron chi connectivity index (χ4n) is 1.96. The number of fused-ring (bicyclic) bond motifs is 1. The molecule has 0 aliphatic carbocycles. The molecule has 7 nitrogen and oxygen atoms in total. The third kappa shape index (κ3) is 2.41. The highest BCUT2D eigenvalue weighted by Gasteiger charge is 2.28. The lowest BCUT2D eigenvalue weighted by molar-refractivity contribution is 0.371. The molecule has 1 aromatic rings. The maximum Gasteiger partial charge on any atom is 0.325 e. The fourth-order valence-corrected chi connectivity index (χ4v) is 2.52. The van der Waals surface area contributed by atoms with Gasteiger partial charge in [-0.2, -0.15) is 0 Å². The van der Waals surface area contributed by atoms with Gasteiger partial charge in [0.15, 0.2) is 0 Å². The Labute approximate surface area is 96.9 Å². The van der Waals surface area contributed by atoms with E-state index in [0.717, 1.165) is 0 Å². The Morgan fingerprint density at radius 3 is 2.65 bits per heavy atom. The van der Waals surface area contributed by atoms with E-state index in [1.807, 2.05) is 0 Å². The molecular formula is C9H13N2O5P. The van der Waals surface area contributed by atoms with Gasteiger partial charge in [-0.1, -0.05) is 0 Å². The highest BCUT2D eigenvalue weighted by atomic mass is 31.2. The monoisotopic (exact) mass is 260 g/mol. The Bertz CT molecular complexity index is 542. The fraction of sp³-hybridized carbons (Fsp3) is 0.556. The highest BCUT2D eigenvalue weighted by molar-refractivity contribution is 7.51. The molecule has 0 spiro atoms. The van der Waals surface area contributed by atoms with Crippen LogP contribution in [0.4, 0.5) is 11.4 Å². The standard InChI is InChI=1S/C9H13N2O5P/c12-8-6-7(9(8)13)11(4-2-10-6)3-1-5-17(14,15)16/h10H,1-5H2,(H2,14,15,16). The van der Waals surface area contributed by atoms with Gasteiger partial charge in [-0.15, -0.1) is 0 Å².